The monoisotopic (exact) mass is 271 g/mol. The standard InChI is InChI=1S/C14H18F3N2/c1-11(2)18-6-8-19(9-7-18)13-5-3-4-12(10-13)14(15,16)17/h4-5,10-11H,6-9H2,1-2H3. The highest BCUT2D eigenvalue weighted by Gasteiger charge is 2.31. The SMILES string of the molecule is CC(C)N1CCN(c2c[c]cc(C(F)(F)F)c2)CC1. The first kappa shape index (κ1) is 14.2. The Kier molecular flexibility index (Phi) is 4.04. The van der Waals surface area contributed by atoms with Gasteiger partial charge in [-0.3, -0.25) is 4.90 Å². The van der Waals surface area contributed by atoms with E-state index >= 15 is 0 Å². The van der Waals surface area contributed by atoms with Crippen LogP contribution in [0.3, 0.4) is 0 Å². The lowest BCUT2D eigenvalue weighted by Crippen LogP contribution is -2.48. The highest BCUT2D eigenvalue weighted by Crippen LogP contribution is 2.31. The van der Waals surface area contributed by atoms with Crippen LogP contribution in [0, 0.1) is 6.07 Å². The summed E-state index contributed by atoms with van der Waals surface area (Å²) in [5.41, 5.74) is -0.0190. The molecule has 0 unspecified atom stereocenters. The van der Waals surface area contributed by atoms with Gasteiger partial charge in [0.05, 0.1) is 5.56 Å². The Morgan fingerprint density at radius 1 is 1.11 bits per heavy atom. The van der Waals surface area contributed by atoms with Gasteiger partial charge in [-0.25, -0.2) is 0 Å². The Hall–Kier alpha value is -1.23. The molecule has 1 aromatic rings. The van der Waals surface area contributed by atoms with Gasteiger partial charge in [0.25, 0.3) is 0 Å². The van der Waals surface area contributed by atoms with Crippen LogP contribution in [0.25, 0.3) is 0 Å². The number of hydrogen-bond acceptors (Lipinski definition) is 2. The van der Waals surface area contributed by atoms with E-state index in [0.29, 0.717) is 11.7 Å². The molecule has 0 atom stereocenters. The molecule has 2 rings (SSSR count). The van der Waals surface area contributed by atoms with Crippen molar-refractivity contribution < 1.29 is 13.2 Å². The normalized spacial score (nSPS) is 18.1. The fourth-order valence-corrected chi connectivity index (χ4v) is 2.30. The van der Waals surface area contributed by atoms with Crippen molar-refractivity contribution in [3.63, 3.8) is 0 Å². The van der Waals surface area contributed by atoms with Crippen LogP contribution in [-0.2, 0) is 6.18 Å². The third-order valence-corrected chi connectivity index (χ3v) is 3.51. The lowest BCUT2D eigenvalue weighted by molar-refractivity contribution is -0.137. The van der Waals surface area contributed by atoms with Crippen LogP contribution in [-0.4, -0.2) is 37.1 Å². The lowest BCUT2D eigenvalue weighted by atomic mass is 10.1. The molecule has 1 aliphatic rings. The number of halogens is 3. The molecule has 2 nitrogen and oxygen atoms in total. The summed E-state index contributed by atoms with van der Waals surface area (Å²) in [5.74, 6) is 0. The Balaban J connectivity index is 2.08. The van der Waals surface area contributed by atoms with Gasteiger partial charge in [-0.1, -0.05) is 0 Å². The summed E-state index contributed by atoms with van der Waals surface area (Å²) >= 11 is 0. The minimum atomic E-state index is -4.30. The van der Waals surface area contributed by atoms with Crippen molar-refractivity contribution >= 4 is 5.69 Å². The smallest absolute Gasteiger partial charge is 0.369 e. The summed E-state index contributed by atoms with van der Waals surface area (Å²) in [7, 11) is 0. The molecule has 1 radical (unpaired) electrons. The number of alkyl halides is 3. The molecule has 1 saturated heterocycles. The molecule has 0 aromatic heterocycles. The van der Waals surface area contributed by atoms with Crippen molar-refractivity contribution in [2.24, 2.45) is 0 Å². The van der Waals surface area contributed by atoms with E-state index in [2.05, 4.69) is 24.8 Å². The van der Waals surface area contributed by atoms with Gasteiger partial charge in [0.15, 0.2) is 0 Å². The summed E-state index contributed by atoms with van der Waals surface area (Å²) in [4.78, 5) is 4.32. The molecule has 0 amide bonds. The topological polar surface area (TPSA) is 6.48 Å². The molecule has 0 saturated carbocycles. The molecule has 19 heavy (non-hydrogen) atoms. The zero-order valence-electron chi connectivity index (χ0n) is 11.2. The molecule has 1 fully saturated rings. The molecule has 1 heterocycles. The molecule has 5 heteroatoms. The maximum Gasteiger partial charge on any atom is 0.416 e. The van der Waals surface area contributed by atoms with Gasteiger partial charge in [0.2, 0.25) is 0 Å². The van der Waals surface area contributed by atoms with Crippen molar-refractivity contribution in [2.75, 3.05) is 31.1 Å². The molecule has 1 aromatic carbocycles. The summed E-state index contributed by atoms with van der Waals surface area (Å²) in [6.45, 7) is 7.55. The first-order chi connectivity index (χ1) is 8.88. The van der Waals surface area contributed by atoms with Gasteiger partial charge in [0, 0.05) is 37.9 Å². The zero-order chi connectivity index (χ0) is 14.0. The van der Waals surface area contributed by atoms with Gasteiger partial charge < -0.3 is 4.90 Å². The van der Waals surface area contributed by atoms with Gasteiger partial charge in [-0.05, 0) is 38.1 Å². The lowest BCUT2D eigenvalue weighted by Gasteiger charge is -2.38. The fourth-order valence-electron chi connectivity index (χ4n) is 2.30. The second-order valence-corrected chi connectivity index (χ2v) is 5.09. The van der Waals surface area contributed by atoms with Crippen LogP contribution in [0.15, 0.2) is 18.2 Å². The van der Waals surface area contributed by atoms with Gasteiger partial charge in [0.1, 0.15) is 0 Å². The zero-order valence-corrected chi connectivity index (χ0v) is 11.2. The molecule has 0 N–H and O–H groups in total. The van der Waals surface area contributed by atoms with Crippen LogP contribution in [0.4, 0.5) is 18.9 Å². The average molecular weight is 271 g/mol. The van der Waals surface area contributed by atoms with Crippen molar-refractivity contribution in [1.29, 1.82) is 0 Å². The summed E-state index contributed by atoms with van der Waals surface area (Å²) in [5, 5.41) is 0. The molecule has 0 aliphatic carbocycles. The Morgan fingerprint density at radius 3 is 2.26 bits per heavy atom. The van der Waals surface area contributed by atoms with E-state index in [1.54, 1.807) is 6.07 Å². The van der Waals surface area contributed by atoms with Crippen molar-refractivity contribution in [1.82, 2.24) is 4.90 Å². The number of piperazine rings is 1. The second kappa shape index (κ2) is 5.41. The van der Waals surface area contributed by atoms with E-state index in [1.165, 1.54) is 6.07 Å². The highest BCUT2D eigenvalue weighted by molar-refractivity contribution is 5.49. The molecular weight excluding hydrogens is 253 g/mol. The Bertz CT molecular complexity index is 421. The van der Waals surface area contributed by atoms with Gasteiger partial charge >= 0.3 is 6.18 Å². The summed E-state index contributed by atoms with van der Waals surface area (Å²) in [6.07, 6.45) is -4.30. The van der Waals surface area contributed by atoms with Crippen molar-refractivity contribution in [3.05, 3.63) is 29.8 Å². The number of hydrogen-bond donors (Lipinski definition) is 0. The number of rotatable bonds is 2. The molecule has 1 aliphatic heterocycles. The van der Waals surface area contributed by atoms with Crippen LogP contribution in [0.1, 0.15) is 19.4 Å². The van der Waals surface area contributed by atoms with Crippen LogP contribution >= 0.6 is 0 Å². The average Bonchev–Trinajstić information content (AvgIpc) is 2.38. The molecule has 105 valence electrons. The van der Waals surface area contributed by atoms with Crippen molar-refractivity contribution in [3.8, 4) is 0 Å². The highest BCUT2D eigenvalue weighted by atomic mass is 19.4. The minimum Gasteiger partial charge on any atom is -0.369 e. The quantitative estimate of drug-likeness (QED) is 0.815. The molecule has 0 bridgehead atoms. The number of anilines is 1. The summed E-state index contributed by atoms with van der Waals surface area (Å²) in [6, 6.07) is 6.90. The van der Waals surface area contributed by atoms with E-state index in [1.807, 2.05) is 4.90 Å². The maximum atomic E-state index is 12.7. The van der Waals surface area contributed by atoms with E-state index in [9.17, 15) is 13.2 Å². The van der Waals surface area contributed by atoms with Crippen LogP contribution in [0.5, 0.6) is 0 Å². The van der Waals surface area contributed by atoms with Gasteiger partial charge in [-0.2, -0.15) is 13.2 Å². The predicted octanol–water partition coefficient (Wildman–Crippen LogP) is 3.04. The summed E-state index contributed by atoms with van der Waals surface area (Å²) < 4.78 is 38.0. The Labute approximate surface area is 111 Å². The van der Waals surface area contributed by atoms with E-state index in [0.717, 1.165) is 32.2 Å². The van der Waals surface area contributed by atoms with Gasteiger partial charge in [-0.15, -0.1) is 0 Å². The van der Waals surface area contributed by atoms with Crippen molar-refractivity contribution in [2.45, 2.75) is 26.1 Å². The largest absolute Gasteiger partial charge is 0.416 e. The Morgan fingerprint density at radius 2 is 1.74 bits per heavy atom. The third kappa shape index (κ3) is 3.41. The number of benzene rings is 1. The predicted molar refractivity (Wildman–Crippen MR) is 69.2 cm³/mol. The first-order valence-corrected chi connectivity index (χ1v) is 6.45. The molecular formula is C14H18F3N2. The maximum absolute atomic E-state index is 12.7. The van der Waals surface area contributed by atoms with E-state index in [-0.39, 0.29) is 0 Å². The first-order valence-electron chi connectivity index (χ1n) is 6.45. The second-order valence-electron chi connectivity index (χ2n) is 5.09. The van der Waals surface area contributed by atoms with E-state index < -0.39 is 11.7 Å². The molecule has 0 spiro atoms. The minimum absolute atomic E-state index is 0.482. The van der Waals surface area contributed by atoms with Crippen LogP contribution < -0.4 is 4.90 Å². The third-order valence-electron chi connectivity index (χ3n) is 3.51. The van der Waals surface area contributed by atoms with Crippen LogP contribution in [0.2, 0.25) is 0 Å². The fraction of sp³-hybridized carbons (Fsp3) is 0.571. The van der Waals surface area contributed by atoms with E-state index in [4.69, 9.17) is 0 Å². The number of nitrogens with zero attached hydrogens (tertiary/aromatic N) is 2.